The molecule has 0 saturated carbocycles. The van der Waals surface area contributed by atoms with Gasteiger partial charge < -0.3 is 25.2 Å². The molecular formula is C22H28N2O5. The Morgan fingerprint density at radius 2 is 1.55 bits per heavy atom. The molecule has 2 unspecified atom stereocenters. The maximum Gasteiger partial charge on any atom is 0.407 e. The summed E-state index contributed by atoms with van der Waals surface area (Å²) in [5, 5.41) is 15.9. The summed E-state index contributed by atoms with van der Waals surface area (Å²) in [7, 11) is 0. The van der Waals surface area contributed by atoms with Gasteiger partial charge in [0.05, 0.1) is 6.04 Å². The minimum absolute atomic E-state index is 0.0363. The molecular weight excluding hydrogens is 372 g/mol. The minimum Gasteiger partial charge on any atom is -0.445 e. The average molecular weight is 400 g/mol. The second-order valence-corrected chi connectivity index (χ2v) is 7.55. The van der Waals surface area contributed by atoms with Gasteiger partial charge in [-0.05, 0) is 31.9 Å². The Labute approximate surface area is 171 Å². The molecule has 29 heavy (non-hydrogen) atoms. The summed E-state index contributed by atoms with van der Waals surface area (Å²) in [5.41, 5.74) is 0.793. The third kappa shape index (κ3) is 8.23. The number of hydrogen-bond acceptors (Lipinski definition) is 5. The maximum atomic E-state index is 12.2. The van der Waals surface area contributed by atoms with Crippen molar-refractivity contribution in [2.45, 2.75) is 45.1 Å². The van der Waals surface area contributed by atoms with Crippen molar-refractivity contribution in [2.75, 3.05) is 6.54 Å². The molecule has 3 N–H and O–H groups in total. The first-order valence-electron chi connectivity index (χ1n) is 9.41. The van der Waals surface area contributed by atoms with E-state index in [0.29, 0.717) is 5.56 Å². The number of rotatable bonds is 7. The second-order valence-electron chi connectivity index (χ2n) is 7.55. The molecule has 2 amide bonds. The van der Waals surface area contributed by atoms with Crippen LogP contribution in [-0.2, 0) is 16.1 Å². The fraction of sp³-hybridized carbons (Fsp3) is 0.364. The van der Waals surface area contributed by atoms with Gasteiger partial charge >= 0.3 is 12.2 Å². The number of alkyl carbamates (subject to hydrolysis) is 2. The first-order valence-corrected chi connectivity index (χ1v) is 9.41. The van der Waals surface area contributed by atoms with E-state index in [2.05, 4.69) is 10.6 Å². The average Bonchev–Trinajstić information content (AvgIpc) is 2.69. The lowest BCUT2D eigenvalue weighted by Gasteiger charge is -2.26. The molecule has 2 rings (SSSR count). The van der Waals surface area contributed by atoms with Gasteiger partial charge in [-0.25, -0.2) is 9.59 Å². The van der Waals surface area contributed by atoms with Crippen LogP contribution in [0, 0.1) is 0 Å². The van der Waals surface area contributed by atoms with Crippen molar-refractivity contribution in [1.29, 1.82) is 0 Å². The lowest BCUT2D eigenvalue weighted by Crippen LogP contribution is -2.48. The molecule has 0 fully saturated rings. The normalized spacial score (nSPS) is 13.1. The van der Waals surface area contributed by atoms with Gasteiger partial charge in [-0.15, -0.1) is 0 Å². The summed E-state index contributed by atoms with van der Waals surface area (Å²) < 4.78 is 10.4. The quantitative estimate of drug-likeness (QED) is 0.661. The molecule has 2 aromatic rings. The molecule has 7 heteroatoms. The van der Waals surface area contributed by atoms with Crippen LogP contribution in [0.4, 0.5) is 9.59 Å². The van der Waals surface area contributed by atoms with E-state index in [1.54, 1.807) is 45.0 Å². The van der Waals surface area contributed by atoms with Gasteiger partial charge in [0.25, 0.3) is 0 Å². The van der Waals surface area contributed by atoms with Crippen molar-refractivity contribution in [3.8, 4) is 0 Å². The van der Waals surface area contributed by atoms with Gasteiger partial charge in [0.2, 0.25) is 0 Å². The largest absolute Gasteiger partial charge is 0.445 e. The number of nitrogens with one attached hydrogen (secondary N) is 2. The first kappa shape index (κ1) is 22.2. The molecule has 0 radical (unpaired) electrons. The highest BCUT2D eigenvalue weighted by molar-refractivity contribution is 5.69. The van der Waals surface area contributed by atoms with Crippen molar-refractivity contribution in [3.05, 3.63) is 71.8 Å². The van der Waals surface area contributed by atoms with Crippen LogP contribution in [0.3, 0.4) is 0 Å². The Morgan fingerprint density at radius 1 is 0.966 bits per heavy atom. The smallest absolute Gasteiger partial charge is 0.407 e. The zero-order chi connectivity index (χ0) is 21.3. The van der Waals surface area contributed by atoms with Crippen molar-refractivity contribution in [1.82, 2.24) is 10.6 Å². The fourth-order valence-electron chi connectivity index (χ4n) is 2.55. The molecule has 0 spiro atoms. The Balaban J connectivity index is 1.99. The first-order chi connectivity index (χ1) is 13.7. The summed E-state index contributed by atoms with van der Waals surface area (Å²) in [6.07, 6.45) is -2.38. The number of carbonyl (C=O) groups is 2. The zero-order valence-electron chi connectivity index (χ0n) is 16.9. The third-order valence-corrected chi connectivity index (χ3v) is 3.90. The van der Waals surface area contributed by atoms with E-state index < -0.39 is 29.9 Å². The number of aliphatic hydroxyl groups excluding tert-OH is 1. The highest BCUT2D eigenvalue weighted by Crippen LogP contribution is 2.17. The minimum atomic E-state index is -1.05. The number of hydrogen-bond donors (Lipinski definition) is 3. The highest BCUT2D eigenvalue weighted by atomic mass is 16.6. The molecule has 156 valence electrons. The Morgan fingerprint density at radius 3 is 2.14 bits per heavy atom. The third-order valence-electron chi connectivity index (χ3n) is 3.90. The summed E-state index contributed by atoms with van der Waals surface area (Å²) in [6, 6.07) is 17.3. The maximum absolute atomic E-state index is 12.2. The number of aliphatic hydroxyl groups is 1. The standard InChI is InChI=1S/C22H28N2O5/c1-22(2,3)29-20(26)23-14-18(19(25)17-12-8-5-9-13-17)24-21(27)28-15-16-10-6-4-7-11-16/h4-13,18-19,25H,14-15H2,1-3H3,(H,23,26)(H,24,27). The summed E-state index contributed by atoms with van der Waals surface area (Å²) in [5.74, 6) is 0. The number of ether oxygens (including phenoxy) is 2. The van der Waals surface area contributed by atoms with Crippen LogP contribution < -0.4 is 10.6 Å². The van der Waals surface area contributed by atoms with Crippen LogP contribution in [0.5, 0.6) is 0 Å². The van der Waals surface area contributed by atoms with E-state index in [4.69, 9.17) is 9.47 Å². The molecule has 0 aromatic heterocycles. The van der Waals surface area contributed by atoms with Gasteiger partial charge in [-0.1, -0.05) is 60.7 Å². The van der Waals surface area contributed by atoms with Crippen molar-refractivity contribution < 1.29 is 24.2 Å². The number of amides is 2. The molecule has 0 aliphatic rings. The molecule has 7 nitrogen and oxygen atoms in total. The molecule has 2 atom stereocenters. The Kier molecular flexibility index (Phi) is 8.03. The van der Waals surface area contributed by atoms with Crippen LogP contribution in [0.1, 0.15) is 38.0 Å². The van der Waals surface area contributed by atoms with Gasteiger partial charge in [0, 0.05) is 6.54 Å². The molecule has 0 heterocycles. The number of benzene rings is 2. The van der Waals surface area contributed by atoms with Crippen LogP contribution >= 0.6 is 0 Å². The van der Waals surface area contributed by atoms with Crippen LogP contribution in [0.15, 0.2) is 60.7 Å². The van der Waals surface area contributed by atoms with E-state index in [1.165, 1.54) is 0 Å². The summed E-state index contributed by atoms with van der Waals surface area (Å²) >= 11 is 0. The second kappa shape index (κ2) is 10.5. The van der Waals surface area contributed by atoms with E-state index in [9.17, 15) is 14.7 Å². The number of carbonyl (C=O) groups excluding carboxylic acids is 2. The molecule has 2 aromatic carbocycles. The van der Waals surface area contributed by atoms with Crippen LogP contribution in [0.2, 0.25) is 0 Å². The van der Waals surface area contributed by atoms with E-state index >= 15 is 0 Å². The Hall–Kier alpha value is -3.06. The Bertz CT molecular complexity index is 775. The highest BCUT2D eigenvalue weighted by Gasteiger charge is 2.25. The van der Waals surface area contributed by atoms with Crippen LogP contribution in [0.25, 0.3) is 0 Å². The lowest BCUT2D eigenvalue weighted by atomic mass is 10.0. The fourth-order valence-corrected chi connectivity index (χ4v) is 2.55. The zero-order valence-corrected chi connectivity index (χ0v) is 16.9. The molecule has 0 bridgehead atoms. The summed E-state index contributed by atoms with van der Waals surface area (Å²) in [4.78, 5) is 24.2. The van der Waals surface area contributed by atoms with E-state index in [-0.39, 0.29) is 13.2 Å². The van der Waals surface area contributed by atoms with Gasteiger partial charge in [0.15, 0.2) is 0 Å². The van der Waals surface area contributed by atoms with Crippen molar-refractivity contribution in [2.24, 2.45) is 0 Å². The van der Waals surface area contributed by atoms with E-state index in [1.807, 2.05) is 36.4 Å². The topological polar surface area (TPSA) is 96.9 Å². The van der Waals surface area contributed by atoms with Crippen molar-refractivity contribution in [3.63, 3.8) is 0 Å². The van der Waals surface area contributed by atoms with Gasteiger partial charge in [0.1, 0.15) is 18.3 Å². The monoisotopic (exact) mass is 400 g/mol. The van der Waals surface area contributed by atoms with Gasteiger partial charge in [-0.3, -0.25) is 0 Å². The summed E-state index contributed by atoms with van der Waals surface area (Å²) in [6.45, 7) is 5.32. The predicted molar refractivity (Wildman–Crippen MR) is 109 cm³/mol. The van der Waals surface area contributed by atoms with E-state index in [0.717, 1.165) is 5.56 Å². The molecule has 0 aliphatic heterocycles. The van der Waals surface area contributed by atoms with Crippen molar-refractivity contribution >= 4 is 12.2 Å². The van der Waals surface area contributed by atoms with Crippen LogP contribution in [-0.4, -0.2) is 35.5 Å². The molecule has 0 aliphatic carbocycles. The SMILES string of the molecule is CC(C)(C)OC(=O)NCC(NC(=O)OCc1ccccc1)C(O)c1ccccc1. The molecule has 0 saturated heterocycles. The lowest BCUT2D eigenvalue weighted by molar-refractivity contribution is 0.0495. The predicted octanol–water partition coefficient (Wildman–Crippen LogP) is 3.54. The van der Waals surface area contributed by atoms with Gasteiger partial charge in [-0.2, -0.15) is 0 Å².